The number of halogens is 1. The van der Waals surface area contributed by atoms with Gasteiger partial charge in [-0.1, -0.05) is 17.7 Å². The quantitative estimate of drug-likeness (QED) is 0.911. The first-order valence-corrected chi connectivity index (χ1v) is 8.23. The molecule has 0 aliphatic rings. The average molecular weight is 317 g/mol. The lowest BCUT2D eigenvalue weighted by Crippen LogP contribution is -2.12. The van der Waals surface area contributed by atoms with Crippen LogP contribution in [0.5, 0.6) is 0 Å². The van der Waals surface area contributed by atoms with Crippen LogP contribution >= 0.6 is 22.9 Å². The van der Waals surface area contributed by atoms with Crippen molar-refractivity contribution in [2.24, 2.45) is 5.73 Å². The fourth-order valence-corrected chi connectivity index (χ4v) is 3.86. The van der Waals surface area contributed by atoms with Crippen LogP contribution in [0.2, 0.25) is 5.02 Å². The second kappa shape index (κ2) is 5.50. The molecule has 0 atom stereocenters. The molecule has 4 nitrogen and oxygen atoms in total. The second-order valence-electron chi connectivity index (χ2n) is 4.02. The number of thiophene rings is 1. The predicted molar refractivity (Wildman–Crippen MR) is 79.2 cm³/mol. The number of aryl methyl sites for hydroxylation is 1. The lowest BCUT2D eigenvalue weighted by atomic mass is 10.2. The molecule has 1 aromatic carbocycles. The molecule has 0 fully saturated rings. The van der Waals surface area contributed by atoms with E-state index < -0.39 is 10.0 Å². The molecular formula is C12H13ClN2O2S2. The summed E-state index contributed by atoms with van der Waals surface area (Å²) in [5.74, 6) is 0. The maximum Gasteiger partial charge on any atom is 0.262 e. The molecule has 3 N–H and O–H groups in total. The van der Waals surface area contributed by atoms with Crippen molar-refractivity contribution in [1.82, 2.24) is 0 Å². The summed E-state index contributed by atoms with van der Waals surface area (Å²) < 4.78 is 26.8. The van der Waals surface area contributed by atoms with Crippen LogP contribution in [0.1, 0.15) is 10.4 Å². The molecule has 0 bridgehead atoms. The highest BCUT2D eigenvalue weighted by molar-refractivity contribution is 7.92. The van der Waals surface area contributed by atoms with E-state index in [0.29, 0.717) is 17.3 Å². The number of rotatable bonds is 4. The van der Waals surface area contributed by atoms with Crippen LogP contribution in [-0.2, 0) is 16.6 Å². The standard InChI is InChI=1S/C12H13ClN2O2S2/c1-8-2-3-9(4-12(8)13)15-19(16,17)11-5-10(6-14)18-7-11/h2-5,7,15H,6,14H2,1H3. The SMILES string of the molecule is Cc1ccc(NS(=O)(=O)c2csc(CN)c2)cc1Cl. The third-order valence-corrected chi connectivity index (χ3v) is 5.44. The van der Waals surface area contributed by atoms with Gasteiger partial charge in [0.2, 0.25) is 0 Å². The summed E-state index contributed by atoms with van der Waals surface area (Å²) in [5, 5.41) is 2.09. The number of anilines is 1. The van der Waals surface area contributed by atoms with Gasteiger partial charge in [0.1, 0.15) is 0 Å². The summed E-state index contributed by atoms with van der Waals surface area (Å²) in [6.45, 7) is 2.18. The van der Waals surface area contributed by atoms with Crippen LogP contribution in [-0.4, -0.2) is 8.42 Å². The Kier molecular flexibility index (Phi) is 4.15. The zero-order valence-corrected chi connectivity index (χ0v) is 12.6. The Bertz CT molecular complexity index is 696. The normalized spacial score (nSPS) is 11.5. The summed E-state index contributed by atoms with van der Waals surface area (Å²) >= 11 is 7.29. The van der Waals surface area contributed by atoms with Crippen molar-refractivity contribution >= 4 is 38.6 Å². The van der Waals surface area contributed by atoms with Crippen LogP contribution in [0.3, 0.4) is 0 Å². The van der Waals surface area contributed by atoms with Crippen molar-refractivity contribution < 1.29 is 8.42 Å². The zero-order valence-electron chi connectivity index (χ0n) is 10.2. The molecule has 0 aliphatic heterocycles. The number of sulfonamides is 1. The van der Waals surface area contributed by atoms with E-state index in [1.807, 2.05) is 6.92 Å². The fourth-order valence-electron chi connectivity index (χ4n) is 1.48. The first-order chi connectivity index (χ1) is 8.92. The van der Waals surface area contributed by atoms with Crippen molar-refractivity contribution in [2.75, 3.05) is 4.72 Å². The van der Waals surface area contributed by atoms with E-state index in [-0.39, 0.29) is 4.90 Å². The van der Waals surface area contributed by atoms with Crippen molar-refractivity contribution in [1.29, 1.82) is 0 Å². The van der Waals surface area contributed by atoms with Gasteiger partial charge >= 0.3 is 0 Å². The maximum absolute atomic E-state index is 12.1. The first kappa shape index (κ1) is 14.3. The Morgan fingerprint density at radius 3 is 2.68 bits per heavy atom. The lowest BCUT2D eigenvalue weighted by Gasteiger charge is -2.07. The van der Waals surface area contributed by atoms with Crippen molar-refractivity contribution in [3.05, 3.63) is 45.1 Å². The molecule has 2 aromatic rings. The lowest BCUT2D eigenvalue weighted by molar-refractivity contribution is 0.601. The summed E-state index contributed by atoms with van der Waals surface area (Å²) in [4.78, 5) is 1.04. The molecular weight excluding hydrogens is 304 g/mol. The average Bonchev–Trinajstić information content (AvgIpc) is 2.83. The van der Waals surface area contributed by atoms with Gasteiger partial charge in [0.25, 0.3) is 10.0 Å². The van der Waals surface area contributed by atoms with E-state index in [0.717, 1.165) is 10.4 Å². The molecule has 7 heteroatoms. The van der Waals surface area contributed by atoms with Gasteiger partial charge in [-0.05, 0) is 30.7 Å². The molecule has 0 spiro atoms. The van der Waals surface area contributed by atoms with E-state index in [2.05, 4.69) is 4.72 Å². The second-order valence-corrected chi connectivity index (χ2v) is 7.11. The Hall–Kier alpha value is -1.08. The number of nitrogens with one attached hydrogen (secondary N) is 1. The predicted octanol–water partition coefficient (Wildman–Crippen LogP) is 2.97. The number of nitrogens with two attached hydrogens (primary N) is 1. The summed E-state index contributed by atoms with van der Waals surface area (Å²) in [7, 11) is -3.59. The van der Waals surface area contributed by atoms with Crippen LogP contribution in [0.25, 0.3) is 0 Å². The molecule has 19 heavy (non-hydrogen) atoms. The van der Waals surface area contributed by atoms with E-state index >= 15 is 0 Å². The highest BCUT2D eigenvalue weighted by Crippen LogP contribution is 2.24. The zero-order chi connectivity index (χ0) is 14.0. The molecule has 0 saturated heterocycles. The monoisotopic (exact) mass is 316 g/mol. The minimum absolute atomic E-state index is 0.217. The fraction of sp³-hybridized carbons (Fsp3) is 0.167. The van der Waals surface area contributed by atoms with Gasteiger partial charge in [0, 0.05) is 21.8 Å². The summed E-state index contributed by atoms with van der Waals surface area (Å²) in [6.07, 6.45) is 0. The summed E-state index contributed by atoms with van der Waals surface area (Å²) in [6, 6.07) is 6.60. The van der Waals surface area contributed by atoms with Crippen LogP contribution in [0.15, 0.2) is 34.5 Å². The molecule has 0 radical (unpaired) electrons. The van der Waals surface area contributed by atoms with Crippen molar-refractivity contribution in [2.45, 2.75) is 18.4 Å². The van der Waals surface area contributed by atoms with Crippen LogP contribution in [0.4, 0.5) is 5.69 Å². The molecule has 1 aromatic heterocycles. The minimum atomic E-state index is -3.59. The topological polar surface area (TPSA) is 72.2 Å². The van der Waals surface area contributed by atoms with Gasteiger partial charge in [-0.3, -0.25) is 4.72 Å². The molecule has 0 saturated carbocycles. The Labute approximate surface area is 121 Å². The minimum Gasteiger partial charge on any atom is -0.326 e. The molecule has 1 heterocycles. The molecule has 102 valence electrons. The van der Waals surface area contributed by atoms with Gasteiger partial charge in [-0.25, -0.2) is 8.42 Å². The highest BCUT2D eigenvalue weighted by atomic mass is 35.5. The third kappa shape index (κ3) is 3.27. The van der Waals surface area contributed by atoms with E-state index in [9.17, 15) is 8.42 Å². The third-order valence-electron chi connectivity index (χ3n) is 2.57. The maximum atomic E-state index is 12.1. The van der Waals surface area contributed by atoms with E-state index in [1.165, 1.54) is 11.3 Å². The molecule has 0 amide bonds. The van der Waals surface area contributed by atoms with Gasteiger partial charge < -0.3 is 5.73 Å². The number of benzene rings is 1. The highest BCUT2D eigenvalue weighted by Gasteiger charge is 2.16. The van der Waals surface area contributed by atoms with Gasteiger partial charge in [-0.2, -0.15) is 0 Å². The molecule has 0 unspecified atom stereocenters. The number of hydrogen-bond acceptors (Lipinski definition) is 4. The van der Waals surface area contributed by atoms with Crippen molar-refractivity contribution in [3.8, 4) is 0 Å². The van der Waals surface area contributed by atoms with Gasteiger partial charge in [0.15, 0.2) is 0 Å². The van der Waals surface area contributed by atoms with Gasteiger partial charge in [0.05, 0.1) is 10.6 Å². The number of hydrogen-bond donors (Lipinski definition) is 2. The molecule has 2 rings (SSSR count). The first-order valence-electron chi connectivity index (χ1n) is 5.49. The van der Waals surface area contributed by atoms with E-state index in [1.54, 1.807) is 29.6 Å². The van der Waals surface area contributed by atoms with Crippen LogP contribution < -0.4 is 10.5 Å². The van der Waals surface area contributed by atoms with Crippen molar-refractivity contribution in [3.63, 3.8) is 0 Å². The smallest absolute Gasteiger partial charge is 0.262 e. The Balaban J connectivity index is 2.28. The van der Waals surface area contributed by atoms with Gasteiger partial charge in [-0.15, -0.1) is 11.3 Å². The summed E-state index contributed by atoms with van der Waals surface area (Å²) in [5.41, 5.74) is 6.81. The Morgan fingerprint density at radius 2 is 2.11 bits per heavy atom. The van der Waals surface area contributed by atoms with Crippen LogP contribution in [0, 0.1) is 6.92 Å². The largest absolute Gasteiger partial charge is 0.326 e. The molecule has 0 aliphatic carbocycles. The Morgan fingerprint density at radius 1 is 1.37 bits per heavy atom. The van der Waals surface area contributed by atoms with E-state index in [4.69, 9.17) is 17.3 Å².